The van der Waals surface area contributed by atoms with Crippen LogP contribution in [0.25, 0.3) is 0 Å². The third kappa shape index (κ3) is 2.90. The van der Waals surface area contributed by atoms with Crippen molar-refractivity contribution in [1.29, 1.82) is 0 Å². The zero-order valence-electron chi connectivity index (χ0n) is 10.1. The van der Waals surface area contributed by atoms with Gasteiger partial charge in [0, 0.05) is 11.8 Å². The molecule has 0 saturated carbocycles. The highest BCUT2D eigenvalue weighted by atomic mass is 32.2. The van der Waals surface area contributed by atoms with Gasteiger partial charge in [-0.1, -0.05) is 34.1 Å². The summed E-state index contributed by atoms with van der Waals surface area (Å²) in [5.41, 5.74) is 0. The van der Waals surface area contributed by atoms with E-state index in [-0.39, 0.29) is 0 Å². The van der Waals surface area contributed by atoms with E-state index >= 15 is 0 Å². The second kappa shape index (κ2) is 6.02. The molecule has 1 saturated heterocycles. The molecule has 0 aromatic heterocycles. The lowest BCUT2D eigenvalue weighted by Crippen LogP contribution is -2.39. The molecule has 14 heavy (non-hydrogen) atoms. The predicted molar refractivity (Wildman–Crippen MR) is 66.8 cm³/mol. The van der Waals surface area contributed by atoms with Crippen molar-refractivity contribution in [3.8, 4) is 0 Å². The van der Waals surface area contributed by atoms with Crippen LogP contribution in [0.3, 0.4) is 0 Å². The van der Waals surface area contributed by atoms with Crippen LogP contribution in [0.1, 0.15) is 47.0 Å². The summed E-state index contributed by atoms with van der Waals surface area (Å²) in [5, 5.41) is 0.784. The first-order valence-electron chi connectivity index (χ1n) is 6.08. The molecule has 1 aliphatic rings. The molecule has 0 N–H and O–H groups in total. The first-order chi connectivity index (χ1) is 6.70. The molecule has 1 nitrogen and oxygen atoms in total. The first kappa shape index (κ1) is 12.4. The number of unbranched alkanes of at least 4 members (excludes halogenated alkanes) is 1. The zero-order valence-corrected chi connectivity index (χ0v) is 10.9. The maximum Gasteiger partial charge on any atom is 0.0583 e. The van der Waals surface area contributed by atoms with Gasteiger partial charge in [0.2, 0.25) is 0 Å². The lowest BCUT2D eigenvalue weighted by Gasteiger charge is -2.30. The van der Waals surface area contributed by atoms with Gasteiger partial charge in [0.1, 0.15) is 0 Å². The van der Waals surface area contributed by atoms with Crippen molar-refractivity contribution in [1.82, 2.24) is 4.90 Å². The van der Waals surface area contributed by atoms with Gasteiger partial charge in [-0.05, 0) is 25.3 Å². The minimum absolute atomic E-state index is 0.784. The van der Waals surface area contributed by atoms with Crippen LogP contribution in [0.15, 0.2) is 0 Å². The number of hydrogen-bond acceptors (Lipinski definition) is 2. The fourth-order valence-electron chi connectivity index (χ4n) is 2.19. The van der Waals surface area contributed by atoms with Crippen molar-refractivity contribution in [2.75, 3.05) is 12.3 Å². The van der Waals surface area contributed by atoms with Crippen molar-refractivity contribution in [3.63, 3.8) is 0 Å². The number of rotatable bonds is 5. The third-order valence-electron chi connectivity index (χ3n) is 3.07. The van der Waals surface area contributed by atoms with Gasteiger partial charge in [0.15, 0.2) is 0 Å². The Labute approximate surface area is 93.6 Å². The molecule has 1 fully saturated rings. The fraction of sp³-hybridized carbons (Fsp3) is 1.00. The minimum atomic E-state index is 0.784. The van der Waals surface area contributed by atoms with Crippen LogP contribution in [0, 0.1) is 5.92 Å². The van der Waals surface area contributed by atoms with Gasteiger partial charge >= 0.3 is 0 Å². The Morgan fingerprint density at radius 1 is 1.36 bits per heavy atom. The number of thioether (sulfide) groups is 1. The molecular weight excluding hydrogens is 190 g/mol. The van der Waals surface area contributed by atoms with Crippen LogP contribution >= 0.6 is 11.8 Å². The van der Waals surface area contributed by atoms with Crippen LogP contribution in [-0.4, -0.2) is 28.6 Å². The summed E-state index contributed by atoms with van der Waals surface area (Å²) >= 11 is 2.17. The summed E-state index contributed by atoms with van der Waals surface area (Å²) < 4.78 is 0. The standard InChI is InChI=1S/C12H25NS/c1-5-7-8-13-11(6-2)9-14-12(13)10(3)4/h10-12H,5-9H2,1-4H3. The van der Waals surface area contributed by atoms with E-state index in [2.05, 4.69) is 44.4 Å². The molecule has 1 heterocycles. The maximum atomic E-state index is 2.75. The van der Waals surface area contributed by atoms with Gasteiger partial charge in [0.25, 0.3) is 0 Å². The summed E-state index contributed by atoms with van der Waals surface area (Å²) in [4.78, 5) is 2.75. The molecule has 0 spiro atoms. The van der Waals surface area contributed by atoms with Gasteiger partial charge in [-0.3, -0.25) is 4.90 Å². The quantitative estimate of drug-likeness (QED) is 0.689. The van der Waals surface area contributed by atoms with E-state index in [1.165, 1.54) is 31.6 Å². The Balaban J connectivity index is 2.51. The molecule has 0 radical (unpaired) electrons. The van der Waals surface area contributed by atoms with E-state index in [1.807, 2.05) is 0 Å². The number of nitrogens with zero attached hydrogens (tertiary/aromatic N) is 1. The SMILES string of the molecule is CCCCN1C(CC)CSC1C(C)C. The maximum absolute atomic E-state index is 2.75. The van der Waals surface area contributed by atoms with Gasteiger partial charge in [-0.25, -0.2) is 0 Å². The highest BCUT2D eigenvalue weighted by molar-refractivity contribution is 8.00. The second-order valence-electron chi connectivity index (χ2n) is 4.62. The lowest BCUT2D eigenvalue weighted by molar-refractivity contribution is 0.177. The topological polar surface area (TPSA) is 3.24 Å². The van der Waals surface area contributed by atoms with Crippen molar-refractivity contribution >= 4 is 11.8 Å². The fourth-order valence-corrected chi connectivity index (χ4v) is 3.89. The Bertz CT molecular complexity index is 158. The Kier molecular flexibility index (Phi) is 5.32. The van der Waals surface area contributed by atoms with Crippen LogP contribution in [-0.2, 0) is 0 Å². The summed E-state index contributed by atoms with van der Waals surface area (Å²) in [7, 11) is 0. The molecule has 84 valence electrons. The van der Waals surface area contributed by atoms with E-state index < -0.39 is 0 Å². The molecule has 2 unspecified atom stereocenters. The van der Waals surface area contributed by atoms with Crippen LogP contribution < -0.4 is 0 Å². The molecule has 0 aromatic rings. The molecule has 0 bridgehead atoms. The highest BCUT2D eigenvalue weighted by Crippen LogP contribution is 2.35. The van der Waals surface area contributed by atoms with Gasteiger partial charge in [-0.2, -0.15) is 0 Å². The monoisotopic (exact) mass is 215 g/mol. The third-order valence-corrected chi connectivity index (χ3v) is 4.80. The van der Waals surface area contributed by atoms with Gasteiger partial charge < -0.3 is 0 Å². The van der Waals surface area contributed by atoms with E-state index in [4.69, 9.17) is 0 Å². The zero-order chi connectivity index (χ0) is 10.6. The summed E-state index contributed by atoms with van der Waals surface area (Å²) in [6.07, 6.45) is 4.00. The van der Waals surface area contributed by atoms with E-state index in [0.29, 0.717) is 0 Å². The van der Waals surface area contributed by atoms with E-state index in [1.54, 1.807) is 0 Å². The Morgan fingerprint density at radius 2 is 2.07 bits per heavy atom. The van der Waals surface area contributed by atoms with Crippen LogP contribution in [0.2, 0.25) is 0 Å². The lowest BCUT2D eigenvalue weighted by atomic mass is 10.1. The molecule has 0 aliphatic carbocycles. The molecule has 1 aliphatic heterocycles. The molecule has 1 rings (SSSR count). The van der Waals surface area contributed by atoms with Crippen molar-refractivity contribution in [2.45, 2.75) is 58.4 Å². The molecule has 0 amide bonds. The summed E-state index contributed by atoms with van der Waals surface area (Å²) in [6.45, 7) is 10.6. The van der Waals surface area contributed by atoms with Gasteiger partial charge in [0.05, 0.1) is 5.37 Å². The summed E-state index contributed by atoms with van der Waals surface area (Å²) in [6, 6.07) is 0.846. The number of hydrogen-bond donors (Lipinski definition) is 0. The molecular formula is C12H25NS. The van der Waals surface area contributed by atoms with Crippen LogP contribution in [0.5, 0.6) is 0 Å². The smallest absolute Gasteiger partial charge is 0.0583 e. The normalized spacial score (nSPS) is 28.9. The average molecular weight is 215 g/mol. The van der Waals surface area contributed by atoms with Crippen molar-refractivity contribution < 1.29 is 0 Å². The van der Waals surface area contributed by atoms with Crippen LogP contribution in [0.4, 0.5) is 0 Å². The van der Waals surface area contributed by atoms with Crippen molar-refractivity contribution in [3.05, 3.63) is 0 Å². The molecule has 2 atom stereocenters. The largest absolute Gasteiger partial charge is 0.287 e. The average Bonchev–Trinajstić information content (AvgIpc) is 2.57. The summed E-state index contributed by atoms with van der Waals surface area (Å²) in [5.74, 6) is 2.15. The first-order valence-corrected chi connectivity index (χ1v) is 7.12. The Hall–Kier alpha value is 0.310. The molecule has 2 heteroatoms. The Morgan fingerprint density at radius 3 is 2.57 bits per heavy atom. The molecule has 0 aromatic carbocycles. The second-order valence-corrected chi connectivity index (χ2v) is 5.77. The highest BCUT2D eigenvalue weighted by Gasteiger charge is 2.33. The van der Waals surface area contributed by atoms with E-state index in [9.17, 15) is 0 Å². The van der Waals surface area contributed by atoms with E-state index in [0.717, 1.165) is 17.3 Å². The van der Waals surface area contributed by atoms with Crippen molar-refractivity contribution in [2.24, 2.45) is 5.92 Å². The predicted octanol–water partition coefficient (Wildman–Crippen LogP) is 3.60. The van der Waals surface area contributed by atoms with Gasteiger partial charge in [-0.15, -0.1) is 11.8 Å². The minimum Gasteiger partial charge on any atom is -0.287 e.